The molecule has 1 saturated heterocycles. The Morgan fingerprint density at radius 2 is 2.08 bits per heavy atom. The Balaban J connectivity index is 1.77. The maximum Gasteiger partial charge on any atom is 0.322 e. The molecule has 0 bridgehead atoms. The van der Waals surface area contributed by atoms with Crippen molar-refractivity contribution in [1.82, 2.24) is 14.5 Å². The highest BCUT2D eigenvalue weighted by Crippen LogP contribution is 2.26. The van der Waals surface area contributed by atoms with Crippen molar-refractivity contribution in [2.75, 3.05) is 18.1 Å². The van der Waals surface area contributed by atoms with Crippen molar-refractivity contribution in [3.05, 3.63) is 29.3 Å². The van der Waals surface area contributed by atoms with Gasteiger partial charge in [0.25, 0.3) is 0 Å². The first kappa shape index (κ1) is 17.6. The summed E-state index contributed by atoms with van der Waals surface area (Å²) >= 11 is 0. The summed E-state index contributed by atoms with van der Waals surface area (Å²) in [4.78, 5) is 12.4. The molecule has 1 N–H and O–H groups in total. The molecule has 1 aromatic carbocycles. The summed E-state index contributed by atoms with van der Waals surface area (Å²) in [6.07, 6.45) is 2.21. The molecule has 25 heavy (non-hydrogen) atoms. The fraction of sp³-hybridized carbons (Fsp3) is 0.438. The van der Waals surface area contributed by atoms with Gasteiger partial charge in [-0.3, -0.25) is 10.1 Å². The summed E-state index contributed by atoms with van der Waals surface area (Å²) in [7, 11) is -3.43. The number of nitrogens with zero attached hydrogens (tertiary/aromatic N) is 3. The van der Waals surface area contributed by atoms with Gasteiger partial charge >= 0.3 is 6.01 Å². The predicted octanol–water partition coefficient (Wildman–Crippen LogP) is 1.72. The van der Waals surface area contributed by atoms with Gasteiger partial charge in [0.15, 0.2) is 0 Å². The average Bonchev–Trinajstić information content (AvgIpc) is 3.18. The van der Waals surface area contributed by atoms with Crippen molar-refractivity contribution in [2.45, 2.75) is 32.7 Å². The number of aryl methyl sites for hydroxylation is 2. The minimum atomic E-state index is -3.43. The van der Waals surface area contributed by atoms with Crippen molar-refractivity contribution < 1.29 is 17.6 Å². The summed E-state index contributed by atoms with van der Waals surface area (Å²) in [5.41, 5.74) is 2.83. The number of amides is 1. The standard InChI is InChI=1S/C16H20N4O4S/c1-10-6-7-11(2)12(9-10)15-18-19-16(24-15)17-14(21)13-5-4-8-20(13)25(3,22)23/h6-7,9,13H,4-5,8H2,1-3H3,(H,17,19,21). The molecule has 2 aromatic rings. The number of carbonyl (C=O) groups excluding carboxylic acids is 1. The minimum Gasteiger partial charge on any atom is -0.403 e. The fourth-order valence-electron chi connectivity index (χ4n) is 2.94. The molecule has 2 heterocycles. The van der Waals surface area contributed by atoms with E-state index in [1.54, 1.807) is 0 Å². The van der Waals surface area contributed by atoms with E-state index in [0.29, 0.717) is 25.3 Å². The molecule has 1 fully saturated rings. The van der Waals surface area contributed by atoms with Crippen LogP contribution >= 0.6 is 0 Å². The number of nitrogens with one attached hydrogen (secondary N) is 1. The number of anilines is 1. The average molecular weight is 364 g/mol. The van der Waals surface area contributed by atoms with Crippen LogP contribution in [0.1, 0.15) is 24.0 Å². The first-order valence-electron chi connectivity index (χ1n) is 7.94. The quantitative estimate of drug-likeness (QED) is 0.885. The van der Waals surface area contributed by atoms with Gasteiger partial charge in [0, 0.05) is 12.1 Å². The molecular weight excluding hydrogens is 344 g/mol. The van der Waals surface area contributed by atoms with Crippen molar-refractivity contribution in [3.63, 3.8) is 0 Å². The SMILES string of the molecule is Cc1ccc(C)c(-c2nnc(NC(=O)C3CCCN3S(C)(=O)=O)o2)c1. The lowest BCUT2D eigenvalue weighted by Gasteiger charge is -2.20. The lowest BCUT2D eigenvalue weighted by Crippen LogP contribution is -2.42. The summed E-state index contributed by atoms with van der Waals surface area (Å²) in [6.45, 7) is 4.23. The van der Waals surface area contributed by atoms with Gasteiger partial charge in [-0.25, -0.2) is 8.42 Å². The monoisotopic (exact) mass is 364 g/mol. The molecule has 0 aliphatic carbocycles. The first-order valence-corrected chi connectivity index (χ1v) is 9.79. The summed E-state index contributed by atoms with van der Waals surface area (Å²) in [6, 6.07) is 5.08. The maximum absolute atomic E-state index is 12.4. The number of aromatic nitrogens is 2. The van der Waals surface area contributed by atoms with Gasteiger partial charge in [-0.1, -0.05) is 22.8 Å². The van der Waals surface area contributed by atoms with Crippen LogP contribution in [-0.4, -0.2) is 47.7 Å². The molecule has 1 atom stereocenters. The van der Waals surface area contributed by atoms with Crippen LogP contribution in [0, 0.1) is 13.8 Å². The zero-order valence-electron chi connectivity index (χ0n) is 14.3. The molecule has 0 saturated carbocycles. The van der Waals surface area contributed by atoms with Gasteiger partial charge in [0.1, 0.15) is 6.04 Å². The van der Waals surface area contributed by atoms with Gasteiger partial charge in [-0.15, -0.1) is 5.10 Å². The second-order valence-corrected chi connectivity index (χ2v) is 8.19. The van der Waals surface area contributed by atoms with Gasteiger partial charge in [-0.2, -0.15) is 4.31 Å². The van der Waals surface area contributed by atoms with E-state index in [4.69, 9.17) is 4.42 Å². The van der Waals surface area contributed by atoms with Crippen LogP contribution < -0.4 is 5.32 Å². The normalized spacial score (nSPS) is 18.4. The van der Waals surface area contributed by atoms with E-state index in [2.05, 4.69) is 15.5 Å². The second-order valence-electron chi connectivity index (χ2n) is 6.25. The zero-order valence-corrected chi connectivity index (χ0v) is 15.1. The van der Waals surface area contributed by atoms with E-state index in [-0.39, 0.29) is 6.01 Å². The second kappa shape index (κ2) is 6.57. The topological polar surface area (TPSA) is 105 Å². The molecule has 8 nitrogen and oxygen atoms in total. The molecule has 9 heteroatoms. The van der Waals surface area contributed by atoms with Gasteiger partial charge < -0.3 is 4.42 Å². The molecular formula is C16H20N4O4S. The van der Waals surface area contributed by atoms with Crippen LogP contribution in [0.4, 0.5) is 6.01 Å². The Kier molecular flexibility index (Phi) is 4.61. The van der Waals surface area contributed by atoms with Crippen LogP contribution in [0.2, 0.25) is 0 Å². The highest BCUT2D eigenvalue weighted by atomic mass is 32.2. The zero-order chi connectivity index (χ0) is 18.2. The van der Waals surface area contributed by atoms with Crippen LogP contribution in [0.15, 0.2) is 22.6 Å². The molecule has 1 aromatic heterocycles. The van der Waals surface area contributed by atoms with Gasteiger partial charge in [0.2, 0.25) is 21.8 Å². The number of hydrogen-bond donors (Lipinski definition) is 1. The molecule has 134 valence electrons. The van der Waals surface area contributed by atoms with E-state index in [0.717, 1.165) is 22.9 Å². The van der Waals surface area contributed by atoms with Crippen molar-refractivity contribution >= 4 is 21.9 Å². The van der Waals surface area contributed by atoms with Crippen LogP contribution in [0.3, 0.4) is 0 Å². The van der Waals surface area contributed by atoms with E-state index in [1.807, 2.05) is 32.0 Å². The van der Waals surface area contributed by atoms with Crippen molar-refractivity contribution in [2.24, 2.45) is 0 Å². The summed E-state index contributed by atoms with van der Waals surface area (Å²) in [5.74, 6) is -0.151. The van der Waals surface area contributed by atoms with Crippen LogP contribution in [-0.2, 0) is 14.8 Å². The Morgan fingerprint density at radius 1 is 1.32 bits per heavy atom. The third kappa shape index (κ3) is 3.72. The molecule has 1 unspecified atom stereocenters. The van der Waals surface area contributed by atoms with Gasteiger partial charge in [0.05, 0.1) is 6.26 Å². The Bertz CT molecular complexity index is 907. The third-order valence-corrected chi connectivity index (χ3v) is 5.50. The van der Waals surface area contributed by atoms with E-state index >= 15 is 0 Å². The number of sulfonamides is 1. The molecule has 3 rings (SSSR count). The van der Waals surface area contributed by atoms with E-state index in [9.17, 15) is 13.2 Å². The minimum absolute atomic E-state index is 0.0405. The fourth-order valence-corrected chi connectivity index (χ4v) is 4.06. The maximum atomic E-state index is 12.4. The summed E-state index contributed by atoms with van der Waals surface area (Å²) < 4.78 is 30.2. The lowest BCUT2D eigenvalue weighted by atomic mass is 10.1. The van der Waals surface area contributed by atoms with Crippen LogP contribution in [0.25, 0.3) is 11.5 Å². The first-order chi connectivity index (χ1) is 11.8. The lowest BCUT2D eigenvalue weighted by molar-refractivity contribution is -0.119. The largest absolute Gasteiger partial charge is 0.403 e. The van der Waals surface area contributed by atoms with Crippen molar-refractivity contribution in [1.29, 1.82) is 0 Å². The van der Waals surface area contributed by atoms with E-state index < -0.39 is 22.0 Å². The smallest absolute Gasteiger partial charge is 0.322 e. The predicted molar refractivity (Wildman–Crippen MR) is 92.4 cm³/mol. The molecule has 1 amide bonds. The number of carbonyl (C=O) groups is 1. The molecule has 0 radical (unpaired) electrons. The highest BCUT2D eigenvalue weighted by Gasteiger charge is 2.37. The number of benzene rings is 1. The number of rotatable bonds is 4. The highest BCUT2D eigenvalue weighted by molar-refractivity contribution is 7.88. The third-order valence-electron chi connectivity index (χ3n) is 4.21. The molecule has 0 spiro atoms. The van der Waals surface area contributed by atoms with Crippen molar-refractivity contribution in [3.8, 4) is 11.5 Å². The Morgan fingerprint density at radius 3 is 2.80 bits per heavy atom. The number of hydrogen-bond acceptors (Lipinski definition) is 6. The van der Waals surface area contributed by atoms with E-state index in [1.165, 1.54) is 4.31 Å². The Hall–Kier alpha value is -2.26. The summed E-state index contributed by atoms with van der Waals surface area (Å²) in [5, 5.41) is 10.3. The molecule has 1 aliphatic heterocycles. The molecule has 1 aliphatic rings. The van der Waals surface area contributed by atoms with Crippen LogP contribution in [0.5, 0.6) is 0 Å². The Labute approximate surface area is 146 Å². The van der Waals surface area contributed by atoms with Gasteiger partial charge in [-0.05, 0) is 38.3 Å².